The highest BCUT2D eigenvalue weighted by Gasteiger charge is 2.15. The molecule has 0 atom stereocenters. The van der Waals surface area contributed by atoms with Crippen molar-refractivity contribution in [3.63, 3.8) is 0 Å². The van der Waals surface area contributed by atoms with Crippen LogP contribution in [0.1, 0.15) is 16.3 Å². The second-order valence-corrected chi connectivity index (χ2v) is 3.52. The van der Waals surface area contributed by atoms with Crippen molar-refractivity contribution in [3.05, 3.63) is 29.8 Å². The second kappa shape index (κ2) is 4.70. The molecule has 0 saturated carbocycles. The van der Waals surface area contributed by atoms with Gasteiger partial charge in [0.2, 0.25) is 0 Å². The summed E-state index contributed by atoms with van der Waals surface area (Å²) in [6.07, 6.45) is 1.50. The molecule has 2 aromatic rings. The minimum absolute atomic E-state index is 0.0272. The Bertz CT molecular complexity index is 586. The summed E-state index contributed by atoms with van der Waals surface area (Å²) < 4.78 is 6.04. The summed E-state index contributed by atoms with van der Waals surface area (Å²) >= 11 is 0. The highest BCUT2D eigenvalue weighted by atomic mass is 16.5. The maximum absolute atomic E-state index is 11.8. The van der Waals surface area contributed by atoms with E-state index in [0.717, 1.165) is 0 Å². The van der Waals surface area contributed by atoms with Crippen molar-refractivity contribution in [1.82, 2.24) is 14.7 Å². The van der Waals surface area contributed by atoms with Crippen molar-refractivity contribution in [2.75, 3.05) is 5.32 Å². The highest BCUT2D eigenvalue weighted by molar-refractivity contribution is 6.02. The lowest BCUT2D eigenvalue weighted by molar-refractivity contribution is -0.137. The van der Waals surface area contributed by atoms with E-state index in [1.54, 1.807) is 13.0 Å². The number of aryl methyl sites for hydroxylation is 1. The summed E-state index contributed by atoms with van der Waals surface area (Å²) in [4.78, 5) is 26.3. The summed E-state index contributed by atoms with van der Waals surface area (Å²) in [5.41, 5.74) is 0.202. The highest BCUT2D eigenvalue weighted by Crippen LogP contribution is 2.08. The van der Waals surface area contributed by atoms with Crippen LogP contribution >= 0.6 is 0 Å². The molecule has 18 heavy (non-hydrogen) atoms. The molecule has 94 valence electrons. The van der Waals surface area contributed by atoms with Crippen molar-refractivity contribution in [1.29, 1.82) is 0 Å². The molecule has 2 N–H and O–H groups in total. The molecule has 2 heterocycles. The molecule has 8 heteroatoms. The molecule has 0 aliphatic rings. The van der Waals surface area contributed by atoms with Crippen LogP contribution in [-0.2, 0) is 11.3 Å². The molecule has 1 amide bonds. The van der Waals surface area contributed by atoms with Gasteiger partial charge in [0, 0.05) is 6.20 Å². The van der Waals surface area contributed by atoms with E-state index in [-0.39, 0.29) is 18.3 Å². The number of nitrogens with one attached hydrogen (secondary N) is 1. The van der Waals surface area contributed by atoms with Crippen LogP contribution < -0.4 is 5.32 Å². The largest absolute Gasteiger partial charge is 0.480 e. The predicted octanol–water partition coefficient (Wildman–Crippen LogP) is 0.516. The van der Waals surface area contributed by atoms with Crippen LogP contribution in [0.2, 0.25) is 0 Å². The summed E-state index contributed by atoms with van der Waals surface area (Å²) in [7, 11) is 0. The summed E-state index contributed by atoms with van der Waals surface area (Å²) in [6, 6.07) is 3.05. The van der Waals surface area contributed by atoms with Gasteiger partial charge in [0.05, 0.1) is 0 Å². The number of carboxylic acid groups (broad SMARTS) is 1. The molecule has 0 spiro atoms. The van der Waals surface area contributed by atoms with Crippen molar-refractivity contribution >= 4 is 17.9 Å². The predicted molar refractivity (Wildman–Crippen MR) is 59.1 cm³/mol. The number of hydrogen-bond acceptors (Lipinski definition) is 5. The topological polar surface area (TPSA) is 110 Å². The van der Waals surface area contributed by atoms with Gasteiger partial charge < -0.3 is 14.2 Å². The maximum atomic E-state index is 11.8. The molecule has 2 rings (SSSR count). The number of amides is 1. The third-order valence-corrected chi connectivity index (χ3v) is 2.12. The third kappa shape index (κ3) is 2.54. The van der Waals surface area contributed by atoms with Crippen LogP contribution in [0, 0.1) is 6.92 Å². The number of anilines is 1. The number of hydrogen-bond donors (Lipinski definition) is 2. The number of nitrogens with zero attached hydrogens (tertiary/aromatic N) is 3. The molecule has 0 bridgehead atoms. The Morgan fingerprint density at radius 2 is 2.33 bits per heavy atom. The van der Waals surface area contributed by atoms with Crippen LogP contribution in [0.4, 0.5) is 6.01 Å². The molecule has 0 saturated heterocycles. The van der Waals surface area contributed by atoms with Gasteiger partial charge in [0.15, 0.2) is 5.82 Å². The van der Waals surface area contributed by atoms with Gasteiger partial charge in [-0.25, -0.2) is 0 Å². The van der Waals surface area contributed by atoms with Gasteiger partial charge in [0.25, 0.3) is 5.91 Å². The van der Waals surface area contributed by atoms with Crippen molar-refractivity contribution in [3.8, 4) is 0 Å². The first-order valence-corrected chi connectivity index (χ1v) is 5.05. The Kier molecular flexibility index (Phi) is 3.09. The number of rotatable bonds is 4. The normalized spacial score (nSPS) is 10.3. The molecule has 2 aromatic heterocycles. The van der Waals surface area contributed by atoms with E-state index in [1.807, 2.05) is 0 Å². The van der Waals surface area contributed by atoms with E-state index in [4.69, 9.17) is 9.63 Å². The zero-order chi connectivity index (χ0) is 13.1. The van der Waals surface area contributed by atoms with Crippen LogP contribution in [0.15, 0.2) is 22.9 Å². The van der Waals surface area contributed by atoms with Crippen LogP contribution in [-0.4, -0.2) is 31.7 Å². The Labute approximate surface area is 101 Å². The summed E-state index contributed by atoms with van der Waals surface area (Å²) in [5.74, 6) is -1.15. The number of aromatic nitrogens is 3. The summed E-state index contributed by atoms with van der Waals surface area (Å²) in [6.45, 7) is 1.32. The zero-order valence-electron chi connectivity index (χ0n) is 9.45. The first-order chi connectivity index (χ1) is 8.56. The molecule has 0 unspecified atom stereocenters. The van der Waals surface area contributed by atoms with Gasteiger partial charge >= 0.3 is 12.0 Å². The van der Waals surface area contributed by atoms with Crippen LogP contribution in [0.3, 0.4) is 0 Å². The molecular weight excluding hydrogens is 240 g/mol. The number of carbonyl (C=O) groups excluding carboxylic acids is 1. The first-order valence-electron chi connectivity index (χ1n) is 5.05. The Hall–Kier alpha value is -2.64. The minimum atomic E-state index is -1.03. The molecule has 8 nitrogen and oxygen atoms in total. The lowest BCUT2D eigenvalue weighted by atomic mass is 10.4. The third-order valence-electron chi connectivity index (χ3n) is 2.12. The molecule has 0 radical (unpaired) electrons. The first kappa shape index (κ1) is 11.8. The van der Waals surface area contributed by atoms with E-state index in [2.05, 4.69) is 15.5 Å². The Balaban J connectivity index is 2.14. The molecule has 0 aliphatic carbocycles. The smallest absolute Gasteiger partial charge is 0.328 e. The lowest BCUT2D eigenvalue weighted by Crippen LogP contribution is -2.19. The van der Waals surface area contributed by atoms with Gasteiger partial charge in [-0.3, -0.25) is 14.9 Å². The molecule has 0 aromatic carbocycles. The SMILES string of the molecule is Cc1noc(NC(=O)c2cccn2CC(=O)O)n1. The van der Waals surface area contributed by atoms with Crippen molar-refractivity contribution in [2.45, 2.75) is 13.5 Å². The Morgan fingerprint density at radius 1 is 1.56 bits per heavy atom. The second-order valence-electron chi connectivity index (χ2n) is 3.52. The fourth-order valence-corrected chi connectivity index (χ4v) is 1.41. The average molecular weight is 250 g/mol. The summed E-state index contributed by atoms with van der Waals surface area (Å²) in [5, 5.41) is 14.6. The molecular formula is C10H10N4O4. The fourth-order valence-electron chi connectivity index (χ4n) is 1.41. The zero-order valence-corrected chi connectivity index (χ0v) is 9.45. The van der Waals surface area contributed by atoms with Gasteiger partial charge in [-0.15, -0.1) is 0 Å². The van der Waals surface area contributed by atoms with Crippen molar-refractivity contribution < 1.29 is 19.2 Å². The number of carbonyl (C=O) groups is 2. The van der Waals surface area contributed by atoms with Gasteiger partial charge in [-0.2, -0.15) is 4.98 Å². The van der Waals surface area contributed by atoms with E-state index in [1.165, 1.54) is 16.8 Å². The monoisotopic (exact) mass is 250 g/mol. The van der Waals surface area contributed by atoms with E-state index < -0.39 is 11.9 Å². The van der Waals surface area contributed by atoms with Crippen LogP contribution in [0.5, 0.6) is 0 Å². The van der Waals surface area contributed by atoms with Gasteiger partial charge in [-0.1, -0.05) is 5.16 Å². The number of aliphatic carboxylic acids is 1. The lowest BCUT2D eigenvalue weighted by Gasteiger charge is -2.04. The fraction of sp³-hybridized carbons (Fsp3) is 0.200. The quantitative estimate of drug-likeness (QED) is 0.818. The minimum Gasteiger partial charge on any atom is -0.480 e. The van der Waals surface area contributed by atoms with Crippen molar-refractivity contribution in [2.24, 2.45) is 0 Å². The average Bonchev–Trinajstić information content (AvgIpc) is 2.87. The maximum Gasteiger partial charge on any atom is 0.328 e. The van der Waals surface area contributed by atoms with Crippen LogP contribution in [0.25, 0.3) is 0 Å². The molecule has 0 fully saturated rings. The Morgan fingerprint density at radius 3 is 2.94 bits per heavy atom. The van der Waals surface area contributed by atoms with Gasteiger partial charge in [0.1, 0.15) is 12.2 Å². The van der Waals surface area contributed by atoms with E-state index >= 15 is 0 Å². The molecule has 0 aliphatic heterocycles. The standard InChI is InChI=1S/C10H10N4O4/c1-6-11-10(18-13-6)12-9(17)7-3-2-4-14(7)5-8(15)16/h2-4H,5H2,1H3,(H,15,16)(H,11,12,13,17). The van der Waals surface area contributed by atoms with E-state index in [0.29, 0.717) is 5.82 Å². The number of carboxylic acids is 1. The van der Waals surface area contributed by atoms with Gasteiger partial charge in [-0.05, 0) is 19.1 Å². The van der Waals surface area contributed by atoms with E-state index in [9.17, 15) is 9.59 Å².